The van der Waals surface area contributed by atoms with E-state index in [1.807, 2.05) is 0 Å². The van der Waals surface area contributed by atoms with Crippen molar-refractivity contribution in [1.82, 2.24) is 9.29 Å². The molecule has 1 saturated heterocycles. The lowest BCUT2D eigenvalue weighted by Crippen LogP contribution is -2.39. The van der Waals surface area contributed by atoms with Crippen molar-refractivity contribution in [1.29, 1.82) is 0 Å². The molecule has 1 amide bonds. The molecule has 2 heterocycles. The molecule has 2 aromatic rings. The smallest absolute Gasteiger partial charge is 0.257 e. The zero-order valence-corrected chi connectivity index (χ0v) is 14.9. The molecule has 1 unspecified atom stereocenters. The van der Waals surface area contributed by atoms with E-state index in [2.05, 4.69) is 17.2 Å². The van der Waals surface area contributed by atoms with Gasteiger partial charge in [-0.2, -0.15) is 4.31 Å². The minimum absolute atomic E-state index is 0.224. The van der Waals surface area contributed by atoms with Gasteiger partial charge >= 0.3 is 0 Å². The van der Waals surface area contributed by atoms with Gasteiger partial charge in [-0.3, -0.25) is 10.1 Å². The number of hydrogen-bond donors (Lipinski definition) is 1. The Kier molecular flexibility index (Phi) is 4.98. The molecule has 1 atom stereocenters. The molecule has 1 fully saturated rings. The summed E-state index contributed by atoms with van der Waals surface area (Å²) >= 11 is 1.33. The highest BCUT2D eigenvalue weighted by Gasteiger charge is 2.28. The van der Waals surface area contributed by atoms with Gasteiger partial charge in [0.25, 0.3) is 5.91 Å². The monoisotopic (exact) mass is 365 g/mol. The highest BCUT2D eigenvalue weighted by atomic mass is 32.2. The van der Waals surface area contributed by atoms with E-state index in [-0.39, 0.29) is 10.8 Å². The Morgan fingerprint density at radius 3 is 2.71 bits per heavy atom. The minimum atomic E-state index is -3.50. The zero-order valence-electron chi connectivity index (χ0n) is 13.3. The Bertz CT molecular complexity index is 802. The van der Waals surface area contributed by atoms with Gasteiger partial charge < -0.3 is 0 Å². The molecule has 1 aliphatic heterocycles. The molecule has 8 heteroatoms. The molecule has 0 bridgehead atoms. The predicted octanol–water partition coefficient (Wildman–Crippen LogP) is 2.82. The molecule has 3 rings (SSSR count). The molecular weight excluding hydrogens is 346 g/mol. The maximum absolute atomic E-state index is 12.7. The van der Waals surface area contributed by atoms with E-state index >= 15 is 0 Å². The molecule has 0 radical (unpaired) electrons. The zero-order chi connectivity index (χ0) is 17.2. The summed E-state index contributed by atoms with van der Waals surface area (Å²) in [5.74, 6) is 0.0670. The summed E-state index contributed by atoms with van der Waals surface area (Å²) in [5, 5.41) is 4.96. The number of piperidine rings is 1. The number of carbonyl (C=O) groups excluding carboxylic acids is 1. The molecule has 1 aliphatic rings. The van der Waals surface area contributed by atoms with Crippen LogP contribution < -0.4 is 5.32 Å². The Morgan fingerprint density at radius 1 is 1.33 bits per heavy atom. The molecule has 128 valence electrons. The first-order valence-corrected chi connectivity index (χ1v) is 10.1. The molecule has 1 aromatic heterocycles. The van der Waals surface area contributed by atoms with Crippen molar-refractivity contribution in [2.75, 3.05) is 18.4 Å². The number of aromatic nitrogens is 1. The highest BCUT2D eigenvalue weighted by Crippen LogP contribution is 2.23. The fourth-order valence-electron chi connectivity index (χ4n) is 2.75. The SMILES string of the molecule is CC1CCCN(S(=O)(=O)c2ccc(C(=O)Nc3nccs3)cc2)C1. The Hall–Kier alpha value is -1.77. The number of thiazole rings is 1. The van der Waals surface area contributed by atoms with Gasteiger partial charge in [0.1, 0.15) is 0 Å². The summed E-state index contributed by atoms with van der Waals surface area (Å²) in [5.41, 5.74) is 0.399. The minimum Gasteiger partial charge on any atom is -0.298 e. The average molecular weight is 365 g/mol. The third kappa shape index (κ3) is 3.66. The van der Waals surface area contributed by atoms with Crippen LogP contribution in [-0.4, -0.2) is 36.7 Å². The number of sulfonamides is 1. The molecule has 0 spiro atoms. The average Bonchev–Trinajstić information content (AvgIpc) is 3.08. The van der Waals surface area contributed by atoms with Gasteiger partial charge in [-0.25, -0.2) is 13.4 Å². The van der Waals surface area contributed by atoms with Crippen LogP contribution in [0.15, 0.2) is 40.7 Å². The number of rotatable bonds is 4. The third-order valence-electron chi connectivity index (χ3n) is 4.03. The van der Waals surface area contributed by atoms with Crippen LogP contribution >= 0.6 is 11.3 Å². The number of anilines is 1. The van der Waals surface area contributed by atoms with Gasteiger partial charge in [0.05, 0.1) is 4.90 Å². The summed E-state index contributed by atoms with van der Waals surface area (Å²) in [6.45, 7) is 3.17. The van der Waals surface area contributed by atoms with Crippen LogP contribution in [-0.2, 0) is 10.0 Å². The second kappa shape index (κ2) is 7.00. The van der Waals surface area contributed by atoms with Gasteiger partial charge in [0.15, 0.2) is 5.13 Å². The fraction of sp³-hybridized carbons (Fsp3) is 0.375. The fourth-order valence-corrected chi connectivity index (χ4v) is 4.87. The number of hydrogen-bond acceptors (Lipinski definition) is 5. The Morgan fingerprint density at radius 2 is 2.08 bits per heavy atom. The Labute approximate surface area is 145 Å². The second-order valence-corrected chi connectivity index (χ2v) is 8.76. The van der Waals surface area contributed by atoms with E-state index in [1.54, 1.807) is 11.6 Å². The first-order valence-electron chi connectivity index (χ1n) is 7.78. The number of nitrogens with one attached hydrogen (secondary N) is 1. The molecule has 6 nitrogen and oxygen atoms in total. The number of benzene rings is 1. The van der Waals surface area contributed by atoms with Crippen LogP contribution in [0.25, 0.3) is 0 Å². The van der Waals surface area contributed by atoms with Crippen molar-refractivity contribution < 1.29 is 13.2 Å². The van der Waals surface area contributed by atoms with Crippen LogP contribution in [0.5, 0.6) is 0 Å². The first-order chi connectivity index (χ1) is 11.5. The molecule has 0 aliphatic carbocycles. The number of carbonyl (C=O) groups is 1. The summed E-state index contributed by atoms with van der Waals surface area (Å²) in [4.78, 5) is 16.3. The van der Waals surface area contributed by atoms with Crippen LogP contribution in [0.1, 0.15) is 30.1 Å². The summed E-state index contributed by atoms with van der Waals surface area (Å²) in [6, 6.07) is 6.04. The largest absolute Gasteiger partial charge is 0.298 e. The van der Waals surface area contributed by atoms with E-state index in [9.17, 15) is 13.2 Å². The second-order valence-electron chi connectivity index (χ2n) is 5.93. The van der Waals surface area contributed by atoms with Crippen LogP contribution in [0.2, 0.25) is 0 Å². The highest BCUT2D eigenvalue weighted by molar-refractivity contribution is 7.89. The molecule has 1 aromatic carbocycles. The standard InChI is InChI=1S/C16H19N3O3S2/c1-12-3-2-9-19(11-12)24(21,22)14-6-4-13(5-7-14)15(20)18-16-17-8-10-23-16/h4-8,10,12H,2-3,9,11H2,1H3,(H,17,18,20). The van der Waals surface area contributed by atoms with Gasteiger partial charge in [-0.05, 0) is 43.0 Å². The van der Waals surface area contributed by atoms with Crippen LogP contribution in [0.4, 0.5) is 5.13 Å². The van der Waals surface area contributed by atoms with E-state index < -0.39 is 10.0 Å². The summed E-state index contributed by atoms with van der Waals surface area (Å²) < 4.78 is 26.9. The molecule has 1 N–H and O–H groups in total. The van der Waals surface area contributed by atoms with E-state index in [0.29, 0.717) is 29.7 Å². The van der Waals surface area contributed by atoms with E-state index in [4.69, 9.17) is 0 Å². The molecule has 0 saturated carbocycles. The maximum Gasteiger partial charge on any atom is 0.257 e. The normalized spacial score (nSPS) is 19.1. The van der Waals surface area contributed by atoms with Crippen molar-refractivity contribution in [2.24, 2.45) is 5.92 Å². The third-order valence-corrected chi connectivity index (χ3v) is 6.59. The first kappa shape index (κ1) is 17.1. The van der Waals surface area contributed by atoms with E-state index in [1.165, 1.54) is 39.9 Å². The van der Waals surface area contributed by atoms with Gasteiger partial charge in [-0.15, -0.1) is 11.3 Å². The van der Waals surface area contributed by atoms with E-state index in [0.717, 1.165) is 12.8 Å². The topological polar surface area (TPSA) is 79.4 Å². The number of nitrogens with zero attached hydrogens (tertiary/aromatic N) is 2. The predicted molar refractivity (Wildman–Crippen MR) is 93.7 cm³/mol. The van der Waals surface area contributed by atoms with Crippen molar-refractivity contribution in [3.63, 3.8) is 0 Å². The van der Waals surface area contributed by atoms with Gasteiger partial charge in [0.2, 0.25) is 10.0 Å². The van der Waals surface area contributed by atoms with Crippen molar-refractivity contribution >= 4 is 32.4 Å². The van der Waals surface area contributed by atoms with Gasteiger partial charge in [0, 0.05) is 30.2 Å². The van der Waals surface area contributed by atoms with Crippen molar-refractivity contribution in [3.8, 4) is 0 Å². The van der Waals surface area contributed by atoms with Gasteiger partial charge in [-0.1, -0.05) is 6.92 Å². The van der Waals surface area contributed by atoms with Crippen LogP contribution in [0.3, 0.4) is 0 Å². The molecule has 24 heavy (non-hydrogen) atoms. The van der Waals surface area contributed by atoms with Crippen LogP contribution in [0, 0.1) is 5.92 Å². The lowest BCUT2D eigenvalue weighted by molar-refractivity contribution is 0.102. The van der Waals surface area contributed by atoms with Crippen molar-refractivity contribution in [3.05, 3.63) is 41.4 Å². The number of amides is 1. The Balaban J connectivity index is 1.75. The lowest BCUT2D eigenvalue weighted by atomic mass is 10.0. The van der Waals surface area contributed by atoms with Crippen molar-refractivity contribution in [2.45, 2.75) is 24.7 Å². The quantitative estimate of drug-likeness (QED) is 0.903. The maximum atomic E-state index is 12.7. The summed E-state index contributed by atoms with van der Waals surface area (Å²) in [6.07, 6.45) is 3.55. The molecular formula is C16H19N3O3S2. The summed E-state index contributed by atoms with van der Waals surface area (Å²) in [7, 11) is -3.50. The lowest BCUT2D eigenvalue weighted by Gasteiger charge is -2.30.